The lowest BCUT2D eigenvalue weighted by atomic mass is 9.85. The molecule has 6 nitrogen and oxygen atoms in total. The van der Waals surface area contributed by atoms with E-state index in [2.05, 4.69) is 9.97 Å². The Labute approximate surface area is 209 Å². The van der Waals surface area contributed by atoms with E-state index in [4.69, 9.17) is 9.84 Å². The number of halogens is 1. The summed E-state index contributed by atoms with van der Waals surface area (Å²) in [4.78, 5) is 19.8. The molecule has 0 atom stereocenters. The van der Waals surface area contributed by atoms with Gasteiger partial charge in [-0.3, -0.25) is 4.79 Å². The quantitative estimate of drug-likeness (QED) is 0.329. The second-order valence-electron chi connectivity index (χ2n) is 9.33. The van der Waals surface area contributed by atoms with Crippen molar-refractivity contribution in [3.63, 3.8) is 0 Å². The molecule has 0 aliphatic heterocycles. The van der Waals surface area contributed by atoms with Gasteiger partial charge >= 0.3 is 5.97 Å². The summed E-state index contributed by atoms with van der Waals surface area (Å²) >= 11 is 0. The number of carboxylic acids is 1. The Bertz CT molecular complexity index is 1340. The third kappa shape index (κ3) is 5.15. The topological polar surface area (TPSA) is 77.2 Å². The first kappa shape index (κ1) is 23.7. The smallest absolute Gasteiger partial charge is 0.303 e. The average Bonchev–Trinajstić information content (AvgIpc) is 3.27. The van der Waals surface area contributed by atoms with Crippen molar-refractivity contribution in [1.82, 2.24) is 14.5 Å². The third-order valence-corrected chi connectivity index (χ3v) is 6.88. The lowest BCUT2D eigenvalue weighted by Crippen LogP contribution is -2.25. The van der Waals surface area contributed by atoms with Gasteiger partial charge in [0.1, 0.15) is 17.7 Å². The number of rotatable bonds is 7. The Morgan fingerprint density at radius 1 is 0.972 bits per heavy atom. The van der Waals surface area contributed by atoms with Crippen LogP contribution in [-0.4, -0.2) is 31.7 Å². The van der Waals surface area contributed by atoms with E-state index in [1.165, 1.54) is 6.07 Å². The first-order valence-electron chi connectivity index (χ1n) is 12.2. The number of benzene rings is 2. The number of aliphatic carboxylic acids is 1. The van der Waals surface area contributed by atoms with Gasteiger partial charge in [-0.15, -0.1) is 0 Å². The summed E-state index contributed by atoms with van der Waals surface area (Å²) in [5, 5.41) is 8.96. The predicted octanol–water partition coefficient (Wildman–Crippen LogP) is 6.37. The van der Waals surface area contributed by atoms with Crippen LogP contribution in [0.25, 0.3) is 33.8 Å². The molecule has 0 spiro atoms. The van der Waals surface area contributed by atoms with Crippen molar-refractivity contribution in [2.45, 2.75) is 38.2 Å². The summed E-state index contributed by atoms with van der Waals surface area (Å²) in [6.45, 7) is 0. The maximum Gasteiger partial charge on any atom is 0.303 e. The molecular weight excluding hydrogens is 457 g/mol. The van der Waals surface area contributed by atoms with Crippen LogP contribution < -0.4 is 4.74 Å². The maximum atomic E-state index is 15.2. The molecule has 0 radical (unpaired) electrons. The third-order valence-electron chi connectivity index (χ3n) is 6.88. The van der Waals surface area contributed by atoms with E-state index in [-0.39, 0.29) is 24.3 Å². The van der Waals surface area contributed by atoms with Gasteiger partial charge in [0, 0.05) is 31.3 Å². The van der Waals surface area contributed by atoms with Gasteiger partial charge in [-0.1, -0.05) is 36.4 Å². The molecule has 7 heteroatoms. The minimum atomic E-state index is -0.738. The molecular formula is C29H28FN3O3. The number of pyridine rings is 1. The van der Waals surface area contributed by atoms with Crippen LogP contribution in [0.1, 0.15) is 32.1 Å². The van der Waals surface area contributed by atoms with E-state index in [9.17, 15) is 4.79 Å². The van der Waals surface area contributed by atoms with E-state index in [0.717, 1.165) is 48.1 Å². The van der Waals surface area contributed by atoms with Gasteiger partial charge in [-0.05, 0) is 60.9 Å². The van der Waals surface area contributed by atoms with Gasteiger partial charge in [0.15, 0.2) is 0 Å². The molecule has 4 aromatic rings. The molecule has 0 unspecified atom stereocenters. The summed E-state index contributed by atoms with van der Waals surface area (Å²) in [6.07, 6.45) is 7.08. The minimum Gasteiger partial charge on any atom is -0.481 e. The van der Waals surface area contributed by atoms with Crippen molar-refractivity contribution >= 4 is 5.97 Å². The Balaban J connectivity index is 1.27. The van der Waals surface area contributed by atoms with Crippen molar-refractivity contribution in [1.29, 1.82) is 0 Å². The van der Waals surface area contributed by atoms with Crippen molar-refractivity contribution in [2.24, 2.45) is 13.0 Å². The first-order chi connectivity index (χ1) is 17.5. The molecule has 1 saturated carbocycles. The molecule has 2 aromatic carbocycles. The second kappa shape index (κ2) is 10.3. The maximum absolute atomic E-state index is 15.2. The number of carbonyl (C=O) groups is 1. The van der Waals surface area contributed by atoms with Crippen LogP contribution in [0.5, 0.6) is 5.88 Å². The van der Waals surface area contributed by atoms with Crippen LogP contribution in [0, 0.1) is 11.7 Å². The second-order valence-corrected chi connectivity index (χ2v) is 9.33. The van der Waals surface area contributed by atoms with Crippen molar-refractivity contribution in [3.05, 3.63) is 78.9 Å². The van der Waals surface area contributed by atoms with E-state index in [1.807, 2.05) is 54.1 Å². The number of carboxylic acid groups (broad SMARTS) is 1. The lowest BCUT2D eigenvalue weighted by molar-refractivity contribution is -0.138. The highest BCUT2D eigenvalue weighted by Gasteiger charge is 2.24. The standard InChI is InChI=1S/C29H28FN3O3/c1-33-26(20-5-3-2-4-6-20)18-32-29(33)24-13-9-21(16-25(24)30)22-10-14-27(31-17-22)36-23-11-7-19(8-12-23)15-28(34)35/h2-6,9-10,13-14,16-19,23H,7-8,11-12,15H2,1H3,(H,34,35)/t19-,23-. The number of imidazole rings is 1. The monoisotopic (exact) mass is 485 g/mol. The fourth-order valence-electron chi connectivity index (χ4n) is 4.91. The Morgan fingerprint density at radius 2 is 1.72 bits per heavy atom. The number of hydrogen-bond acceptors (Lipinski definition) is 4. The van der Waals surface area contributed by atoms with Crippen molar-refractivity contribution in [2.75, 3.05) is 0 Å². The Kier molecular flexibility index (Phi) is 6.80. The van der Waals surface area contributed by atoms with Gasteiger partial charge < -0.3 is 14.4 Å². The van der Waals surface area contributed by atoms with Crippen LogP contribution in [0.4, 0.5) is 4.39 Å². The highest BCUT2D eigenvalue weighted by molar-refractivity contribution is 5.70. The summed E-state index contributed by atoms with van der Waals surface area (Å²) in [5.74, 6) is 0.236. The van der Waals surface area contributed by atoms with Gasteiger partial charge in [-0.2, -0.15) is 0 Å². The Morgan fingerprint density at radius 3 is 2.39 bits per heavy atom. The zero-order valence-corrected chi connectivity index (χ0v) is 20.1. The van der Waals surface area contributed by atoms with Crippen LogP contribution in [-0.2, 0) is 11.8 Å². The van der Waals surface area contributed by atoms with Crippen molar-refractivity contribution < 1.29 is 19.0 Å². The van der Waals surface area contributed by atoms with E-state index < -0.39 is 5.97 Å². The first-order valence-corrected chi connectivity index (χ1v) is 12.2. The van der Waals surface area contributed by atoms with Crippen molar-refractivity contribution in [3.8, 4) is 39.7 Å². The zero-order chi connectivity index (χ0) is 25.1. The largest absolute Gasteiger partial charge is 0.481 e. The normalized spacial score (nSPS) is 17.6. The molecule has 5 rings (SSSR count). The molecule has 0 saturated heterocycles. The fourth-order valence-corrected chi connectivity index (χ4v) is 4.91. The number of aromatic nitrogens is 3. The molecule has 2 aromatic heterocycles. The van der Waals surface area contributed by atoms with E-state index in [1.54, 1.807) is 24.5 Å². The summed E-state index contributed by atoms with van der Waals surface area (Å²) in [5.41, 5.74) is 3.90. The molecule has 0 bridgehead atoms. The molecule has 36 heavy (non-hydrogen) atoms. The van der Waals surface area contributed by atoms with E-state index in [0.29, 0.717) is 17.3 Å². The van der Waals surface area contributed by atoms with Crippen LogP contribution in [0.15, 0.2) is 73.1 Å². The summed E-state index contributed by atoms with van der Waals surface area (Å²) in [6, 6.07) is 18.7. The summed E-state index contributed by atoms with van der Waals surface area (Å²) < 4.78 is 23.1. The highest BCUT2D eigenvalue weighted by atomic mass is 19.1. The summed E-state index contributed by atoms with van der Waals surface area (Å²) in [7, 11) is 1.89. The molecule has 1 aliphatic carbocycles. The van der Waals surface area contributed by atoms with Gasteiger partial charge in [0.25, 0.3) is 0 Å². The van der Waals surface area contributed by atoms with Crippen LogP contribution in [0.2, 0.25) is 0 Å². The Hall–Kier alpha value is -4.00. The predicted molar refractivity (Wildman–Crippen MR) is 136 cm³/mol. The minimum absolute atomic E-state index is 0.0451. The highest BCUT2D eigenvalue weighted by Crippen LogP contribution is 2.32. The number of ether oxygens (including phenoxy) is 1. The van der Waals surface area contributed by atoms with Crippen LogP contribution >= 0.6 is 0 Å². The molecule has 1 N–H and O–H groups in total. The number of nitrogens with zero attached hydrogens (tertiary/aromatic N) is 3. The number of hydrogen-bond donors (Lipinski definition) is 1. The molecule has 1 fully saturated rings. The van der Waals surface area contributed by atoms with Gasteiger partial charge in [0.2, 0.25) is 5.88 Å². The van der Waals surface area contributed by atoms with E-state index >= 15 is 4.39 Å². The average molecular weight is 486 g/mol. The molecule has 0 amide bonds. The van der Waals surface area contributed by atoms with Gasteiger partial charge in [-0.25, -0.2) is 14.4 Å². The SMILES string of the molecule is Cn1c(-c2ccccc2)cnc1-c1ccc(-c2ccc(O[C@H]3CC[C@H](CC(=O)O)CC3)nc2)cc1F. The fraction of sp³-hybridized carbons (Fsp3) is 0.276. The molecule has 184 valence electrons. The lowest BCUT2D eigenvalue weighted by Gasteiger charge is -2.27. The zero-order valence-electron chi connectivity index (χ0n) is 20.1. The molecule has 2 heterocycles. The van der Waals surface area contributed by atoms with Crippen LogP contribution in [0.3, 0.4) is 0 Å². The van der Waals surface area contributed by atoms with Gasteiger partial charge in [0.05, 0.1) is 17.5 Å². The molecule has 1 aliphatic rings.